The number of morpholine rings is 1. The average Bonchev–Trinajstić information content (AvgIpc) is 3.37. The van der Waals surface area contributed by atoms with Gasteiger partial charge in [0.2, 0.25) is 0 Å². The van der Waals surface area contributed by atoms with Gasteiger partial charge in [0, 0.05) is 52.0 Å². The van der Waals surface area contributed by atoms with Gasteiger partial charge in [0.25, 0.3) is 5.91 Å². The minimum Gasteiger partial charge on any atom is -0.459 e. The van der Waals surface area contributed by atoms with Gasteiger partial charge in [0.15, 0.2) is 11.7 Å². The molecule has 0 radical (unpaired) electrons. The Balaban J connectivity index is 1.33. The third-order valence-electron chi connectivity index (χ3n) is 5.72. The van der Waals surface area contributed by atoms with Crippen LogP contribution in [-0.4, -0.2) is 85.2 Å². The highest BCUT2D eigenvalue weighted by atomic mass is 16.5. The molecule has 2 fully saturated rings. The number of carbonyl (C=O) groups excluding carboxylic acids is 1. The van der Waals surface area contributed by atoms with E-state index in [1.165, 1.54) is 6.26 Å². The van der Waals surface area contributed by atoms with Crippen molar-refractivity contribution >= 4 is 17.7 Å². The molecule has 1 atom stereocenters. The van der Waals surface area contributed by atoms with Crippen LogP contribution in [0.1, 0.15) is 30.0 Å². The predicted octanol–water partition coefficient (Wildman–Crippen LogP) is 1.82. The van der Waals surface area contributed by atoms with Crippen LogP contribution in [0.25, 0.3) is 0 Å². The Hall–Kier alpha value is -3.07. The molecule has 0 spiro atoms. The number of aromatic nitrogens is 1. The highest BCUT2D eigenvalue weighted by Crippen LogP contribution is 2.16. The fraction of sp³-hybridized carbons (Fsp3) is 0.522. The minimum absolute atomic E-state index is 0.0579. The first kappa shape index (κ1) is 22.1. The molecule has 2 aromatic heterocycles. The Kier molecular flexibility index (Phi) is 7.26. The Labute approximate surface area is 189 Å². The van der Waals surface area contributed by atoms with Crippen LogP contribution in [0.4, 0.5) is 5.82 Å². The lowest BCUT2D eigenvalue weighted by Gasteiger charge is -2.36. The number of hydrogen-bond acceptors (Lipinski definition) is 6. The molecule has 1 unspecified atom stereocenters. The van der Waals surface area contributed by atoms with E-state index in [1.54, 1.807) is 12.1 Å². The van der Waals surface area contributed by atoms with Crippen molar-refractivity contribution in [1.29, 1.82) is 0 Å². The van der Waals surface area contributed by atoms with Crippen molar-refractivity contribution < 1.29 is 13.9 Å². The topological polar surface area (TPSA) is 86.4 Å². The summed E-state index contributed by atoms with van der Waals surface area (Å²) in [7, 11) is 0. The standard InChI is InChI=1S/C23H32N6O3/c1-3-24-23(28-10-8-27(9-11-28)22(30)20-5-4-13-32-20)26-16-19-6-7-21(25-15-19)29-12-14-31-18(2)17-29/h4-7,13,15,18H,3,8-12,14,16-17H2,1-2H3,(H,24,26). The molecule has 32 heavy (non-hydrogen) atoms. The Morgan fingerprint density at radius 3 is 2.66 bits per heavy atom. The van der Waals surface area contributed by atoms with E-state index < -0.39 is 0 Å². The molecule has 1 N–H and O–H groups in total. The number of amides is 1. The lowest BCUT2D eigenvalue weighted by atomic mass is 10.2. The van der Waals surface area contributed by atoms with Gasteiger partial charge >= 0.3 is 0 Å². The quantitative estimate of drug-likeness (QED) is 0.561. The summed E-state index contributed by atoms with van der Waals surface area (Å²) in [5.74, 6) is 2.18. The van der Waals surface area contributed by atoms with Gasteiger partial charge in [-0.1, -0.05) is 6.07 Å². The molecular formula is C23H32N6O3. The summed E-state index contributed by atoms with van der Waals surface area (Å²) in [5, 5.41) is 3.37. The van der Waals surface area contributed by atoms with E-state index >= 15 is 0 Å². The number of piperazine rings is 1. The fourth-order valence-corrected chi connectivity index (χ4v) is 3.99. The van der Waals surface area contributed by atoms with Gasteiger partial charge in [0.1, 0.15) is 5.82 Å². The second-order valence-electron chi connectivity index (χ2n) is 8.08. The van der Waals surface area contributed by atoms with Gasteiger partial charge in [-0.2, -0.15) is 0 Å². The van der Waals surface area contributed by atoms with Crippen LogP contribution in [0.2, 0.25) is 0 Å². The molecule has 4 heterocycles. The predicted molar refractivity (Wildman–Crippen MR) is 123 cm³/mol. The van der Waals surface area contributed by atoms with Gasteiger partial charge < -0.3 is 29.2 Å². The van der Waals surface area contributed by atoms with Crippen LogP contribution in [0.5, 0.6) is 0 Å². The zero-order valence-electron chi connectivity index (χ0n) is 18.9. The summed E-state index contributed by atoms with van der Waals surface area (Å²) in [6, 6.07) is 7.60. The first-order valence-electron chi connectivity index (χ1n) is 11.3. The number of rotatable bonds is 5. The van der Waals surface area contributed by atoms with E-state index in [4.69, 9.17) is 14.1 Å². The molecule has 2 saturated heterocycles. The van der Waals surface area contributed by atoms with Crippen molar-refractivity contribution in [3.63, 3.8) is 0 Å². The molecule has 172 valence electrons. The molecule has 2 aliphatic heterocycles. The van der Waals surface area contributed by atoms with E-state index in [9.17, 15) is 4.79 Å². The van der Waals surface area contributed by atoms with Crippen molar-refractivity contribution in [2.45, 2.75) is 26.5 Å². The molecule has 9 heteroatoms. The second-order valence-corrected chi connectivity index (χ2v) is 8.08. The van der Waals surface area contributed by atoms with Crippen LogP contribution in [0.3, 0.4) is 0 Å². The van der Waals surface area contributed by atoms with Crippen LogP contribution in [0.15, 0.2) is 46.1 Å². The summed E-state index contributed by atoms with van der Waals surface area (Å²) in [6.07, 6.45) is 3.66. The molecule has 2 aliphatic rings. The SMILES string of the molecule is CCNC(=NCc1ccc(N2CCOC(C)C2)nc1)N1CCN(C(=O)c2ccco2)CC1. The largest absolute Gasteiger partial charge is 0.459 e. The number of aliphatic imine (C=N–C) groups is 1. The molecule has 9 nitrogen and oxygen atoms in total. The maximum Gasteiger partial charge on any atom is 0.289 e. The maximum absolute atomic E-state index is 12.5. The third-order valence-corrected chi connectivity index (χ3v) is 5.72. The van der Waals surface area contributed by atoms with Crippen molar-refractivity contribution in [3.05, 3.63) is 48.0 Å². The zero-order valence-corrected chi connectivity index (χ0v) is 18.9. The number of hydrogen-bond donors (Lipinski definition) is 1. The first-order chi connectivity index (χ1) is 15.6. The van der Waals surface area contributed by atoms with E-state index in [0.717, 1.165) is 56.7 Å². The van der Waals surface area contributed by atoms with Crippen LogP contribution >= 0.6 is 0 Å². The van der Waals surface area contributed by atoms with Gasteiger partial charge in [0.05, 0.1) is 25.5 Å². The monoisotopic (exact) mass is 440 g/mol. The molecule has 1 amide bonds. The van der Waals surface area contributed by atoms with E-state index in [1.807, 2.05) is 11.1 Å². The van der Waals surface area contributed by atoms with E-state index in [0.29, 0.717) is 25.4 Å². The van der Waals surface area contributed by atoms with Crippen LogP contribution in [0, 0.1) is 0 Å². The number of pyridine rings is 1. The van der Waals surface area contributed by atoms with Gasteiger partial charge in [-0.3, -0.25) is 4.79 Å². The Morgan fingerprint density at radius 2 is 2.00 bits per heavy atom. The molecule has 0 aliphatic carbocycles. The smallest absolute Gasteiger partial charge is 0.289 e. The highest BCUT2D eigenvalue weighted by molar-refractivity contribution is 5.91. The Bertz CT molecular complexity index is 891. The number of furan rings is 1. The number of nitrogens with one attached hydrogen (secondary N) is 1. The molecule has 2 aromatic rings. The first-order valence-corrected chi connectivity index (χ1v) is 11.3. The van der Waals surface area contributed by atoms with Crippen molar-refractivity contribution in [2.24, 2.45) is 4.99 Å². The van der Waals surface area contributed by atoms with Gasteiger partial charge in [-0.25, -0.2) is 9.98 Å². The molecule has 0 bridgehead atoms. The second kappa shape index (κ2) is 10.5. The fourth-order valence-electron chi connectivity index (χ4n) is 3.99. The molecule has 4 rings (SSSR count). The van der Waals surface area contributed by atoms with E-state index in [-0.39, 0.29) is 12.0 Å². The summed E-state index contributed by atoms with van der Waals surface area (Å²) in [4.78, 5) is 28.2. The maximum atomic E-state index is 12.5. The lowest BCUT2D eigenvalue weighted by Crippen LogP contribution is -2.53. The summed E-state index contributed by atoms with van der Waals surface area (Å²) >= 11 is 0. The average molecular weight is 441 g/mol. The number of carbonyl (C=O) groups is 1. The molecule has 0 aromatic carbocycles. The number of nitrogens with zero attached hydrogens (tertiary/aromatic N) is 5. The number of anilines is 1. The number of guanidine groups is 1. The van der Waals surface area contributed by atoms with Crippen LogP contribution < -0.4 is 10.2 Å². The summed E-state index contributed by atoms with van der Waals surface area (Å²) in [5.41, 5.74) is 1.07. The summed E-state index contributed by atoms with van der Waals surface area (Å²) < 4.78 is 10.9. The van der Waals surface area contributed by atoms with Crippen molar-refractivity contribution in [3.8, 4) is 0 Å². The van der Waals surface area contributed by atoms with Gasteiger partial charge in [-0.05, 0) is 37.6 Å². The Morgan fingerprint density at radius 1 is 1.19 bits per heavy atom. The van der Waals surface area contributed by atoms with Crippen molar-refractivity contribution in [2.75, 3.05) is 57.3 Å². The normalized spacial score (nSPS) is 19.9. The van der Waals surface area contributed by atoms with E-state index in [2.05, 4.69) is 46.1 Å². The minimum atomic E-state index is -0.0579. The van der Waals surface area contributed by atoms with Crippen LogP contribution in [-0.2, 0) is 11.3 Å². The lowest BCUT2D eigenvalue weighted by molar-refractivity contribution is 0.0529. The summed E-state index contributed by atoms with van der Waals surface area (Å²) in [6.45, 7) is 10.7. The van der Waals surface area contributed by atoms with Crippen molar-refractivity contribution in [1.82, 2.24) is 20.1 Å². The third kappa shape index (κ3) is 5.40. The highest BCUT2D eigenvalue weighted by Gasteiger charge is 2.25. The molecular weight excluding hydrogens is 408 g/mol. The number of ether oxygens (including phenoxy) is 1. The zero-order chi connectivity index (χ0) is 22.3. The molecule has 0 saturated carbocycles. The van der Waals surface area contributed by atoms with Gasteiger partial charge in [-0.15, -0.1) is 0 Å².